The Labute approximate surface area is 167 Å². The first kappa shape index (κ1) is 19.4. The summed E-state index contributed by atoms with van der Waals surface area (Å²) in [6.07, 6.45) is 3.95. The minimum Gasteiger partial charge on any atom is -0.360 e. The predicted octanol–water partition coefficient (Wildman–Crippen LogP) is 5.08. The fourth-order valence-corrected chi connectivity index (χ4v) is 3.11. The van der Waals surface area contributed by atoms with E-state index in [0.717, 1.165) is 16.8 Å². The maximum Gasteiger partial charge on any atom is 0.247 e. The van der Waals surface area contributed by atoms with E-state index in [9.17, 15) is 4.79 Å². The maximum atomic E-state index is 13.2. The Morgan fingerprint density at radius 1 is 0.857 bits per heavy atom. The number of anilines is 1. The molecule has 0 aliphatic heterocycles. The van der Waals surface area contributed by atoms with Crippen molar-refractivity contribution in [1.29, 1.82) is 0 Å². The summed E-state index contributed by atoms with van der Waals surface area (Å²) in [6.45, 7) is 2.01. The number of rotatable bonds is 7. The van der Waals surface area contributed by atoms with E-state index in [1.807, 2.05) is 122 Å². The van der Waals surface area contributed by atoms with E-state index in [2.05, 4.69) is 5.32 Å². The van der Waals surface area contributed by atoms with E-state index in [0.29, 0.717) is 0 Å². The summed E-state index contributed by atoms with van der Waals surface area (Å²) in [7, 11) is 1.95. The van der Waals surface area contributed by atoms with Gasteiger partial charge in [0.25, 0.3) is 0 Å². The molecule has 0 aliphatic carbocycles. The molecule has 0 saturated carbocycles. The highest BCUT2D eigenvalue weighted by atomic mass is 16.2. The Bertz CT molecular complexity index is 892. The second-order valence-corrected chi connectivity index (χ2v) is 6.80. The van der Waals surface area contributed by atoms with Crippen molar-refractivity contribution in [3.8, 4) is 0 Å². The third-order valence-electron chi connectivity index (χ3n) is 4.78. The minimum atomic E-state index is -0.422. The molecule has 0 aromatic heterocycles. The quantitative estimate of drug-likeness (QED) is 0.629. The van der Waals surface area contributed by atoms with Gasteiger partial charge in [-0.25, -0.2) is 0 Å². The van der Waals surface area contributed by atoms with Crippen LogP contribution in [0.2, 0.25) is 0 Å². The van der Waals surface area contributed by atoms with Crippen molar-refractivity contribution in [1.82, 2.24) is 5.32 Å². The lowest BCUT2D eigenvalue weighted by atomic mass is 10.1. The Morgan fingerprint density at radius 2 is 1.39 bits per heavy atom. The zero-order valence-electron chi connectivity index (χ0n) is 16.3. The second-order valence-electron chi connectivity index (χ2n) is 6.80. The molecule has 0 bridgehead atoms. The lowest BCUT2D eigenvalue weighted by Crippen LogP contribution is -2.45. The largest absolute Gasteiger partial charge is 0.360 e. The summed E-state index contributed by atoms with van der Waals surface area (Å²) in [5, 5.41) is 3.15. The van der Waals surface area contributed by atoms with Crippen LogP contribution in [0.25, 0.3) is 6.08 Å². The van der Waals surface area contributed by atoms with Gasteiger partial charge >= 0.3 is 0 Å². The molecule has 3 rings (SSSR count). The SMILES string of the molecule is CC(NC(=O)C(/C=C/c1ccccc1)N(C)c1ccccc1)c1ccccc1. The highest BCUT2D eigenvalue weighted by Crippen LogP contribution is 2.18. The van der Waals surface area contributed by atoms with Crippen LogP contribution in [0.1, 0.15) is 24.1 Å². The van der Waals surface area contributed by atoms with Crippen molar-refractivity contribution in [2.24, 2.45) is 0 Å². The van der Waals surface area contributed by atoms with Gasteiger partial charge in [-0.05, 0) is 30.2 Å². The molecule has 1 N–H and O–H groups in total. The van der Waals surface area contributed by atoms with Crippen LogP contribution in [0.3, 0.4) is 0 Å². The molecule has 3 aromatic carbocycles. The molecule has 0 fully saturated rings. The molecule has 2 unspecified atom stereocenters. The summed E-state index contributed by atoms with van der Waals surface area (Å²) in [6, 6.07) is 29.5. The number of hydrogen-bond acceptors (Lipinski definition) is 2. The lowest BCUT2D eigenvalue weighted by molar-refractivity contribution is -0.122. The summed E-state index contributed by atoms with van der Waals surface area (Å²) in [4.78, 5) is 15.2. The fraction of sp³-hybridized carbons (Fsp3) is 0.160. The van der Waals surface area contributed by atoms with Gasteiger partial charge in [-0.2, -0.15) is 0 Å². The Kier molecular flexibility index (Phi) is 6.64. The van der Waals surface area contributed by atoms with Crippen LogP contribution in [0.15, 0.2) is 97.1 Å². The second kappa shape index (κ2) is 9.56. The molecule has 0 aliphatic rings. The first-order valence-corrected chi connectivity index (χ1v) is 9.51. The highest BCUT2D eigenvalue weighted by Gasteiger charge is 2.22. The Morgan fingerprint density at radius 3 is 2.00 bits per heavy atom. The first-order chi connectivity index (χ1) is 13.6. The van der Waals surface area contributed by atoms with Gasteiger partial charge in [0.15, 0.2) is 0 Å². The van der Waals surface area contributed by atoms with E-state index in [-0.39, 0.29) is 11.9 Å². The molecule has 0 heterocycles. The zero-order chi connectivity index (χ0) is 19.8. The van der Waals surface area contributed by atoms with Crippen LogP contribution in [0.5, 0.6) is 0 Å². The topological polar surface area (TPSA) is 32.3 Å². The van der Waals surface area contributed by atoms with Gasteiger partial charge in [0.1, 0.15) is 6.04 Å². The van der Waals surface area contributed by atoms with Crippen LogP contribution < -0.4 is 10.2 Å². The molecule has 3 heteroatoms. The minimum absolute atomic E-state index is 0.0325. The highest BCUT2D eigenvalue weighted by molar-refractivity contribution is 5.88. The van der Waals surface area contributed by atoms with Crippen molar-refractivity contribution in [2.45, 2.75) is 19.0 Å². The van der Waals surface area contributed by atoms with E-state index < -0.39 is 6.04 Å². The zero-order valence-corrected chi connectivity index (χ0v) is 16.3. The lowest BCUT2D eigenvalue weighted by Gasteiger charge is -2.28. The normalized spacial score (nSPS) is 13.1. The molecule has 0 saturated heterocycles. The van der Waals surface area contributed by atoms with Crippen molar-refractivity contribution in [2.75, 3.05) is 11.9 Å². The van der Waals surface area contributed by atoms with Crippen LogP contribution in [0.4, 0.5) is 5.69 Å². The van der Waals surface area contributed by atoms with E-state index >= 15 is 0 Å². The van der Waals surface area contributed by atoms with Crippen LogP contribution in [-0.4, -0.2) is 19.0 Å². The molecular weight excluding hydrogens is 344 g/mol. The number of para-hydroxylation sites is 1. The Hall–Kier alpha value is -3.33. The molecule has 0 radical (unpaired) electrons. The predicted molar refractivity (Wildman–Crippen MR) is 117 cm³/mol. The monoisotopic (exact) mass is 370 g/mol. The molecule has 1 amide bonds. The van der Waals surface area contributed by atoms with Crippen molar-refractivity contribution in [3.63, 3.8) is 0 Å². The average Bonchev–Trinajstić information content (AvgIpc) is 2.75. The first-order valence-electron chi connectivity index (χ1n) is 9.51. The van der Waals surface area contributed by atoms with Crippen molar-refractivity contribution in [3.05, 3.63) is 108 Å². The Balaban J connectivity index is 1.82. The molecule has 142 valence electrons. The molecule has 2 atom stereocenters. The molecular formula is C25H26N2O. The van der Waals surface area contributed by atoms with Gasteiger partial charge in [-0.1, -0.05) is 91.0 Å². The summed E-state index contributed by atoms with van der Waals surface area (Å²) >= 11 is 0. The molecule has 3 nitrogen and oxygen atoms in total. The van der Waals surface area contributed by atoms with Gasteiger partial charge in [0, 0.05) is 12.7 Å². The summed E-state index contributed by atoms with van der Waals surface area (Å²) < 4.78 is 0. The van der Waals surface area contributed by atoms with Gasteiger partial charge < -0.3 is 10.2 Å². The standard InChI is InChI=1S/C25H26N2O/c1-20(22-14-8-4-9-15-22)26-25(28)24(19-18-21-12-6-3-7-13-21)27(2)23-16-10-5-11-17-23/h3-20,24H,1-2H3,(H,26,28)/b19-18+. The third-order valence-corrected chi connectivity index (χ3v) is 4.78. The van der Waals surface area contributed by atoms with Gasteiger partial charge in [0.05, 0.1) is 6.04 Å². The van der Waals surface area contributed by atoms with E-state index in [4.69, 9.17) is 0 Å². The number of amides is 1. The van der Waals surface area contributed by atoms with Crippen LogP contribution >= 0.6 is 0 Å². The maximum absolute atomic E-state index is 13.2. The molecule has 0 spiro atoms. The smallest absolute Gasteiger partial charge is 0.247 e. The number of nitrogens with one attached hydrogen (secondary N) is 1. The van der Waals surface area contributed by atoms with Gasteiger partial charge in [-0.3, -0.25) is 4.79 Å². The molecule has 3 aromatic rings. The number of nitrogens with zero attached hydrogens (tertiary/aromatic N) is 1. The van der Waals surface area contributed by atoms with Crippen LogP contribution in [0, 0.1) is 0 Å². The number of hydrogen-bond donors (Lipinski definition) is 1. The van der Waals surface area contributed by atoms with E-state index in [1.165, 1.54) is 0 Å². The number of likely N-dealkylation sites (N-methyl/N-ethyl adjacent to an activating group) is 1. The number of carbonyl (C=O) groups excluding carboxylic acids is 1. The van der Waals surface area contributed by atoms with Crippen LogP contribution in [-0.2, 0) is 4.79 Å². The summed E-state index contributed by atoms with van der Waals surface area (Å²) in [5.74, 6) is -0.0325. The summed E-state index contributed by atoms with van der Waals surface area (Å²) in [5.41, 5.74) is 3.15. The van der Waals surface area contributed by atoms with E-state index in [1.54, 1.807) is 0 Å². The van der Waals surface area contributed by atoms with Gasteiger partial charge in [0.2, 0.25) is 5.91 Å². The van der Waals surface area contributed by atoms with Gasteiger partial charge in [-0.15, -0.1) is 0 Å². The number of carbonyl (C=O) groups is 1. The van der Waals surface area contributed by atoms with Crippen molar-refractivity contribution >= 4 is 17.7 Å². The van der Waals surface area contributed by atoms with Crippen molar-refractivity contribution < 1.29 is 4.79 Å². The third kappa shape index (κ3) is 5.10. The fourth-order valence-electron chi connectivity index (χ4n) is 3.11. The molecule has 28 heavy (non-hydrogen) atoms. The number of benzene rings is 3. The average molecular weight is 370 g/mol.